The van der Waals surface area contributed by atoms with Crippen molar-refractivity contribution < 1.29 is 9.21 Å². The summed E-state index contributed by atoms with van der Waals surface area (Å²) in [5.74, 6) is 1.88. The first kappa shape index (κ1) is 21.9. The number of halogens is 1. The van der Waals surface area contributed by atoms with Crippen LogP contribution in [-0.4, -0.2) is 32.6 Å². The van der Waals surface area contributed by atoms with E-state index in [9.17, 15) is 4.79 Å². The maximum absolute atomic E-state index is 12.3. The molecule has 2 aromatic carbocycles. The molecule has 0 saturated heterocycles. The Morgan fingerprint density at radius 1 is 1.09 bits per heavy atom. The Labute approximate surface area is 194 Å². The summed E-state index contributed by atoms with van der Waals surface area (Å²) in [6.45, 7) is 3.87. The number of benzene rings is 2. The number of rotatable bonds is 7. The van der Waals surface area contributed by atoms with Crippen LogP contribution in [0.1, 0.15) is 17.1 Å². The number of furan rings is 1. The van der Waals surface area contributed by atoms with Gasteiger partial charge in [0.2, 0.25) is 0 Å². The summed E-state index contributed by atoms with van der Waals surface area (Å²) in [5.41, 5.74) is 5.42. The van der Waals surface area contributed by atoms with Gasteiger partial charge >= 0.3 is 0 Å². The van der Waals surface area contributed by atoms with Crippen molar-refractivity contribution in [1.82, 2.24) is 20.2 Å². The molecule has 0 atom stereocenters. The van der Waals surface area contributed by atoms with Gasteiger partial charge in [-0.2, -0.15) is 5.10 Å². The zero-order valence-corrected chi connectivity index (χ0v) is 19.0. The number of amides is 1. The Balaban J connectivity index is 1.52. The lowest BCUT2D eigenvalue weighted by molar-refractivity contribution is -0.118. The lowest BCUT2D eigenvalue weighted by atomic mass is 10.2. The monoisotopic (exact) mass is 465 g/mol. The maximum atomic E-state index is 12.3. The average molecular weight is 466 g/mol. The quantitative estimate of drug-likeness (QED) is 0.235. The molecule has 0 spiro atoms. The molecule has 1 amide bonds. The number of aromatic nitrogens is 3. The summed E-state index contributed by atoms with van der Waals surface area (Å²) >= 11 is 7.31. The minimum absolute atomic E-state index is 0.124. The van der Waals surface area contributed by atoms with Crippen LogP contribution in [-0.2, 0) is 4.79 Å². The Bertz CT molecular complexity index is 1250. The van der Waals surface area contributed by atoms with Crippen LogP contribution >= 0.6 is 23.4 Å². The topological polar surface area (TPSA) is 85.3 Å². The number of nitrogens with zero attached hydrogens (tertiary/aromatic N) is 4. The molecule has 0 aliphatic heterocycles. The second-order valence-corrected chi connectivity index (χ2v) is 8.39. The number of hydrogen-bond donors (Lipinski definition) is 1. The largest absolute Gasteiger partial charge is 0.460 e. The second-order valence-electron chi connectivity index (χ2n) is 7.01. The molecular weight excluding hydrogens is 446 g/mol. The highest BCUT2D eigenvalue weighted by molar-refractivity contribution is 7.99. The third-order valence-electron chi connectivity index (χ3n) is 4.50. The van der Waals surface area contributed by atoms with E-state index in [4.69, 9.17) is 16.0 Å². The Kier molecular flexibility index (Phi) is 6.72. The van der Waals surface area contributed by atoms with Crippen LogP contribution in [0.25, 0.3) is 17.1 Å². The van der Waals surface area contributed by atoms with Gasteiger partial charge in [-0.3, -0.25) is 9.36 Å². The number of aryl methyl sites for hydroxylation is 2. The van der Waals surface area contributed by atoms with Crippen LogP contribution < -0.4 is 5.43 Å². The molecule has 0 bridgehead atoms. The number of hydrogen-bond acceptors (Lipinski definition) is 6. The summed E-state index contributed by atoms with van der Waals surface area (Å²) in [6.07, 6.45) is 1.46. The molecule has 0 aliphatic carbocycles. The molecule has 0 radical (unpaired) electrons. The van der Waals surface area contributed by atoms with Crippen molar-refractivity contribution in [2.75, 3.05) is 5.75 Å². The normalized spacial score (nSPS) is 11.2. The van der Waals surface area contributed by atoms with Gasteiger partial charge in [-0.05, 0) is 62.4 Å². The number of thioether (sulfide) groups is 1. The first-order valence-corrected chi connectivity index (χ1v) is 11.2. The van der Waals surface area contributed by atoms with Crippen molar-refractivity contribution in [1.29, 1.82) is 0 Å². The molecule has 2 aromatic heterocycles. The fourth-order valence-corrected chi connectivity index (χ4v) is 3.80. The van der Waals surface area contributed by atoms with Gasteiger partial charge in [0.15, 0.2) is 11.0 Å². The third kappa shape index (κ3) is 5.27. The van der Waals surface area contributed by atoms with E-state index in [2.05, 4.69) is 20.7 Å². The molecule has 0 unspecified atom stereocenters. The van der Waals surface area contributed by atoms with Crippen molar-refractivity contribution in [2.45, 2.75) is 19.0 Å². The zero-order valence-electron chi connectivity index (χ0n) is 17.4. The van der Waals surface area contributed by atoms with E-state index in [0.717, 1.165) is 22.6 Å². The average Bonchev–Trinajstić information content (AvgIpc) is 3.39. The van der Waals surface area contributed by atoms with Crippen LogP contribution in [0, 0.1) is 13.8 Å². The Hall–Kier alpha value is -3.36. The predicted molar refractivity (Wildman–Crippen MR) is 126 cm³/mol. The zero-order chi connectivity index (χ0) is 22.5. The molecule has 1 N–H and O–H groups in total. The molecular formula is C23H20ClN5O2S. The highest BCUT2D eigenvalue weighted by Gasteiger charge is 2.17. The smallest absolute Gasteiger partial charge is 0.250 e. The lowest BCUT2D eigenvalue weighted by Crippen LogP contribution is -2.19. The fourth-order valence-electron chi connectivity index (χ4n) is 2.93. The first-order valence-electron chi connectivity index (χ1n) is 9.79. The summed E-state index contributed by atoms with van der Waals surface area (Å²) in [4.78, 5) is 12.3. The minimum atomic E-state index is -0.263. The van der Waals surface area contributed by atoms with Gasteiger partial charge in [0, 0.05) is 16.3 Å². The minimum Gasteiger partial charge on any atom is -0.460 e. The molecule has 0 saturated carbocycles. The summed E-state index contributed by atoms with van der Waals surface area (Å²) in [6, 6.07) is 19.0. The van der Waals surface area contributed by atoms with Gasteiger partial charge in [0.05, 0.1) is 12.0 Å². The van der Waals surface area contributed by atoms with E-state index in [0.29, 0.717) is 21.8 Å². The summed E-state index contributed by atoms with van der Waals surface area (Å²) < 4.78 is 7.31. The first-order chi connectivity index (χ1) is 15.5. The summed E-state index contributed by atoms with van der Waals surface area (Å²) in [5, 5.41) is 13.9. The summed E-state index contributed by atoms with van der Waals surface area (Å²) in [7, 11) is 0. The van der Waals surface area contributed by atoms with Crippen LogP contribution in [0.2, 0.25) is 5.02 Å². The van der Waals surface area contributed by atoms with E-state index in [1.807, 2.05) is 73.0 Å². The van der Waals surface area contributed by atoms with Crippen molar-refractivity contribution in [3.8, 4) is 17.1 Å². The van der Waals surface area contributed by atoms with Gasteiger partial charge in [0.25, 0.3) is 5.91 Å². The van der Waals surface area contributed by atoms with Gasteiger partial charge in [-0.25, -0.2) is 5.43 Å². The van der Waals surface area contributed by atoms with E-state index < -0.39 is 0 Å². The predicted octanol–water partition coefficient (Wildman–Crippen LogP) is 5.04. The van der Waals surface area contributed by atoms with Crippen molar-refractivity contribution in [2.24, 2.45) is 5.10 Å². The van der Waals surface area contributed by atoms with Crippen LogP contribution in [0.5, 0.6) is 0 Å². The molecule has 4 aromatic rings. The highest BCUT2D eigenvalue weighted by atomic mass is 35.5. The Morgan fingerprint density at radius 2 is 1.84 bits per heavy atom. The number of hydrazone groups is 1. The number of carbonyl (C=O) groups excluding carboxylic acids is 1. The van der Waals surface area contributed by atoms with E-state index in [1.165, 1.54) is 18.0 Å². The molecule has 0 aliphatic rings. The number of carbonyl (C=O) groups is 1. The fraction of sp³-hybridized carbons (Fsp3) is 0.130. The number of nitrogens with one attached hydrogen (secondary N) is 1. The lowest BCUT2D eigenvalue weighted by Gasteiger charge is -2.10. The van der Waals surface area contributed by atoms with Gasteiger partial charge < -0.3 is 4.42 Å². The second kappa shape index (κ2) is 9.84. The van der Waals surface area contributed by atoms with Crippen LogP contribution in [0.4, 0.5) is 0 Å². The molecule has 2 heterocycles. The SMILES string of the molecule is Cc1ccc(-n2c(SCC(=O)NN=Cc3ccc(C)o3)nnc2-c2ccc(Cl)cc2)cc1. The standard InChI is InChI=1S/C23H20ClN5O2S/c1-15-3-10-19(11-4-15)29-22(17-6-8-18(24)9-7-17)27-28-23(29)32-14-21(30)26-25-13-20-12-5-16(2)31-20/h3-13H,14H2,1-2H3,(H,26,30). The third-order valence-corrected chi connectivity index (χ3v) is 5.68. The van der Waals surface area contributed by atoms with Gasteiger partial charge in [-0.15, -0.1) is 10.2 Å². The highest BCUT2D eigenvalue weighted by Crippen LogP contribution is 2.28. The van der Waals surface area contributed by atoms with Crippen molar-refractivity contribution in [3.63, 3.8) is 0 Å². The van der Waals surface area contributed by atoms with E-state index in [-0.39, 0.29) is 11.7 Å². The van der Waals surface area contributed by atoms with Crippen LogP contribution in [0.3, 0.4) is 0 Å². The Morgan fingerprint density at radius 3 is 2.53 bits per heavy atom. The van der Waals surface area contributed by atoms with Gasteiger partial charge in [-0.1, -0.05) is 41.1 Å². The molecule has 162 valence electrons. The molecule has 32 heavy (non-hydrogen) atoms. The maximum Gasteiger partial charge on any atom is 0.250 e. The molecule has 9 heteroatoms. The van der Waals surface area contributed by atoms with Crippen molar-refractivity contribution in [3.05, 3.63) is 82.8 Å². The van der Waals surface area contributed by atoms with Crippen molar-refractivity contribution >= 4 is 35.5 Å². The molecule has 0 fully saturated rings. The molecule has 7 nitrogen and oxygen atoms in total. The van der Waals surface area contributed by atoms with E-state index in [1.54, 1.807) is 6.07 Å². The van der Waals surface area contributed by atoms with E-state index >= 15 is 0 Å². The van der Waals surface area contributed by atoms with Crippen LogP contribution in [0.15, 0.2) is 75.3 Å². The van der Waals surface area contributed by atoms with Gasteiger partial charge in [0.1, 0.15) is 11.5 Å². The molecule has 4 rings (SSSR count).